The van der Waals surface area contributed by atoms with Crippen LogP contribution in [0, 0.1) is 13.8 Å². The first kappa shape index (κ1) is 25.5. The number of anilines is 2. The molecule has 0 atom stereocenters. The van der Waals surface area contributed by atoms with Crippen LogP contribution in [0.15, 0.2) is 57.4 Å². The van der Waals surface area contributed by atoms with Crippen LogP contribution in [0.4, 0.5) is 11.6 Å². The standard InChI is InChI=1S/C29H28BrNO5/c1-15(2)19-8-7-16(3)23-21(14-19)17(4)13-22(23)31-27-25(29(33)35-6)24(28(32)34-5)26(36-27)18-9-11-20(30)12-10-18/h7-15,31H,1-6H3. The summed E-state index contributed by atoms with van der Waals surface area (Å²) in [5.41, 5.74) is 6.87. The predicted molar refractivity (Wildman–Crippen MR) is 144 cm³/mol. The number of hydrogen-bond donors (Lipinski definition) is 1. The van der Waals surface area contributed by atoms with Crippen LogP contribution in [0.25, 0.3) is 22.5 Å². The fraction of sp³-hybridized carbons (Fsp3) is 0.241. The summed E-state index contributed by atoms with van der Waals surface area (Å²) in [6, 6.07) is 15.7. The first-order valence-electron chi connectivity index (χ1n) is 11.6. The van der Waals surface area contributed by atoms with Crippen LogP contribution in [-0.2, 0) is 9.47 Å². The molecule has 4 rings (SSSR count). The minimum atomic E-state index is -0.707. The highest BCUT2D eigenvalue weighted by Crippen LogP contribution is 2.43. The molecular weight excluding hydrogens is 522 g/mol. The molecule has 0 bridgehead atoms. The minimum absolute atomic E-state index is 0.00567. The number of hydrogen-bond acceptors (Lipinski definition) is 6. The van der Waals surface area contributed by atoms with Crippen LogP contribution in [0.2, 0.25) is 0 Å². The number of rotatable bonds is 6. The molecule has 0 saturated carbocycles. The van der Waals surface area contributed by atoms with Gasteiger partial charge in [0, 0.05) is 21.3 Å². The average Bonchev–Trinajstić information content (AvgIpc) is 3.31. The molecule has 186 valence electrons. The van der Waals surface area contributed by atoms with Crippen LogP contribution in [0.5, 0.6) is 0 Å². The highest BCUT2D eigenvalue weighted by atomic mass is 79.9. The van der Waals surface area contributed by atoms with Crippen molar-refractivity contribution < 1.29 is 23.5 Å². The Balaban J connectivity index is 1.93. The molecule has 6 nitrogen and oxygen atoms in total. The Morgan fingerprint density at radius 3 is 2.14 bits per heavy atom. The molecular formula is C29H28BrNO5. The number of methoxy groups -OCH3 is 2. The maximum absolute atomic E-state index is 12.9. The molecule has 0 aliphatic heterocycles. The summed E-state index contributed by atoms with van der Waals surface area (Å²) in [4.78, 5) is 25.8. The molecule has 1 aromatic carbocycles. The van der Waals surface area contributed by atoms with Crippen molar-refractivity contribution in [3.63, 3.8) is 0 Å². The first-order valence-corrected chi connectivity index (χ1v) is 12.4. The van der Waals surface area contributed by atoms with Gasteiger partial charge >= 0.3 is 11.9 Å². The Kier molecular flexibility index (Phi) is 7.22. The number of aryl methyl sites for hydroxylation is 2. The van der Waals surface area contributed by atoms with Crippen LogP contribution in [-0.4, -0.2) is 26.2 Å². The molecule has 1 heterocycles. The van der Waals surface area contributed by atoms with Crippen LogP contribution in [0.3, 0.4) is 0 Å². The highest BCUT2D eigenvalue weighted by Gasteiger charge is 2.33. The van der Waals surface area contributed by atoms with Crippen LogP contribution < -0.4 is 5.32 Å². The monoisotopic (exact) mass is 549 g/mol. The highest BCUT2D eigenvalue weighted by molar-refractivity contribution is 9.10. The van der Waals surface area contributed by atoms with Crippen molar-refractivity contribution in [2.24, 2.45) is 0 Å². The van der Waals surface area contributed by atoms with Gasteiger partial charge in [-0.15, -0.1) is 0 Å². The van der Waals surface area contributed by atoms with Crippen molar-refractivity contribution in [2.75, 3.05) is 19.5 Å². The summed E-state index contributed by atoms with van der Waals surface area (Å²) >= 11 is 3.42. The van der Waals surface area contributed by atoms with E-state index in [1.165, 1.54) is 19.8 Å². The van der Waals surface area contributed by atoms with E-state index >= 15 is 0 Å². The molecule has 0 radical (unpaired) electrons. The van der Waals surface area contributed by atoms with Gasteiger partial charge in [0.1, 0.15) is 11.1 Å². The van der Waals surface area contributed by atoms with Gasteiger partial charge in [-0.1, -0.05) is 60.1 Å². The van der Waals surface area contributed by atoms with E-state index in [4.69, 9.17) is 13.9 Å². The molecule has 0 saturated heterocycles. The van der Waals surface area contributed by atoms with Crippen molar-refractivity contribution in [1.29, 1.82) is 0 Å². The topological polar surface area (TPSA) is 77.8 Å². The third-order valence-corrected chi connectivity index (χ3v) is 6.79. The number of esters is 2. The van der Waals surface area contributed by atoms with E-state index in [2.05, 4.69) is 53.3 Å². The second kappa shape index (κ2) is 10.2. The quantitative estimate of drug-likeness (QED) is 0.246. The lowest BCUT2D eigenvalue weighted by molar-refractivity contribution is 0.0558. The average molecular weight is 550 g/mol. The van der Waals surface area contributed by atoms with E-state index in [1.54, 1.807) is 12.1 Å². The Morgan fingerprint density at radius 1 is 0.889 bits per heavy atom. The number of fused-ring (bicyclic) bond motifs is 1. The number of halogens is 1. The SMILES string of the molecule is COC(=O)c1c(Nc2cc(C)c3cc(C(C)C)ccc(C)c2-3)oc(-c2ccc(Br)cc2)c1C(=O)OC. The van der Waals surface area contributed by atoms with Gasteiger partial charge in [0.2, 0.25) is 5.88 Å². The summed E-state index contributed by atoms with van der Waals surface area (Å²) in [6.07, 6.45) is 0. The lowest BCUT2D eigenvalue weighted by Gasteiger charge is -2.08. The zero-order valence-electron chi connectivity index (χ0n) is 21.1. The van der Waals surface area contributed by atoms with Gasteiger partial charge in [-0.2, -0.15) is 0 Å². The van der Waals surface area contributed by atoms with E-state index in [9.17, 15) is 9.59 Å². The van der Waals surface area contributed by atoms with Gasteiger partial charge in [0.15, 0.2) is 5.76 Å². The molecule has 0 amide bonds. The molecule has 1 N–H and O–H groups in total. The number of furan rings is 1. The minimum Gasteiger partial charge on any atom is -0.465 e. The first-order chi connectivity index (χ1) is 17.2. The van der Waals surface area contributed by atoms with Gasteiger partial charge in [-0.05, 0) is 60.2 Å². The molecule has 7 heteroatoms. The Labute approximate surface area is 219 Å². The number of nitrogens with one attached hydrogen (secondary N) is 1. The third kappa shape index (κ3) is 4.63. The molecule has 0 spiro atoms. The summed E-state index contributed by atoms with van der Waals surface area (Å²) in [5.74, 6) is -0.700. The maximum atomic E-state index is 12.9. The smallest absolute Gasteiger partial charge is 0.344 e. The fourth-order valence-electron chi connectivity index (χ4n) is 4.34. The zero-order chi connectivity index (χ0) is 26.1. The summed E-state index contributed by atoms with van der Waals surface area (Å²) < 4.78 is 17.1. The molecule has 2 aromatic rings. The Morgan fingerprint density at radius 2 is 1.53 bits per heavy atom. The lowest BCUT2D eigenvalue weighted by atomic mass is 10.0. The van der Waals surface area contributed by atoms with E-state index in [0.717, 1.165) is 32.4 Å². The molecule has 1 aromatic heterocycles. The normalized spacial score (nSPS) is 11.1. The maximum Gasteiger partial charge on any atom is 0.344 e. The Bertz CT molecular complexity index is 1420. The van der Waals surface area contributed by atoms with Crippen molar-refractivity contribution in [2.45, 2.75) is 33.6 Å². The largest absolute Gasteiger partial charge is 0.465 e. The Hall–Kier alpha value is -3.58. The summed E-state index contributed by atoms with van der Waals surface area (Å²) in [6.45, 7) is 8.43. The van der Waals surface area contributed by atoms with E-state index in [-0.39, 0.29) is 22.8 Å². The van der Waals surface area contributed by atoms with Gasteiger partial charge in [0.05, 0.1) is 14.2 Å². The van der Waals surface area contributed by atoms with Gasteiger partial charge in [-0.3, -0.25) is 0 Å². The van der Waals surface area contributed by atoms with Gasteiger partial charge in [-0.25, -0.2) is 9.59 Å². The van der Waals surface area contributed by atoms with E-state index < -0.39 is 11.9 Å². The molecule has 0 fully saturated rings. The molecule has 36 heavy (non-hydrogen) atoms. The fourth-order valence-corrected chi connectivity index (χ4v) is 4.60. The van der Waals surface area contributed by atoms with Crippen molar-refractivity contribution in [1.82, 2.24) is 0 Å². The van der Waals surface area contributed by atoms with Crippen LogP contribution >= 0.6 is 15.9 Å². The van der Waals surface area contributed by atoms with E-state index in [0.29, 0.717) is 11.5 Å². The number of carbonyl (C=O) groups is 2. The predicted octanol–water partition coefficient (Wildman–Crippen LogP) is 7.87. The third-order valence-electron chi connectivity index (χ3n) is 6.26. The summed E-state index contributed by atoms with van der Waals surface area (Å²) in [7, 11) is 2.53. The van der Waals surface area contributed by atoms with Gasteiger partial charge < -0.3 is 19.2 Å². The van der Waals surface area contributed by atoms with Crippen molar-refractivity contribution in [3.05, 3.63) is 80.8 Å². The van der Waals surface area contributed by atoms with E-state index in [1.807, 2.05) is 32.0 Å². The van der Waals surface area contributed by atoms with Crippen LogP contribution in [0.1, 0.15) is 57.2 Å². The van der Waals surface area contributed by atoms with Crippen molar-refractivity contribution in [3.8, 4) is 22.5 Å². The van der Waals surface area contributed by atoms with Crippen molar-refractivity contribution >= 4 is 39.4 Å². The molecule has 2 aliphatic rings. The zero-order valence-corrected chi connectivity index (χ0v) is 22.7. The number of carbonyl (C=O) groups excluding carboxylic acids is 2. The summed E-state index contributed by atoms with van der Waals surface area (Å²) in [5, 5.41) is 3.29. The van der Waals surface area contributed by atoms with Gasteiger partial charge in [0.25, 0.3) is 0 Å². The number of benzene rings is 1. The molecule has 2 aliphatic carbocycles. The second-order valence-corrected chi connectivity index (χ2v) is 9.89. The second-order valence-electron chi connectivity index (χ2n) is 8.97. The number of ether oxygens (including phenoxy) is 2. The lowest BCUT2D eigenvalue weighted by Crippen LogP contribution is -2.12. The molecule has 0 unspecified atom stereocenters.